The van der Waals surface area contributed by atoms with Gasteiger partial charge in [0.1, 0.15) is 17.4 Å². The molecule has 0 aliphatic heterocycles. The number of carboxylic acids is 1. The van der Waals surface area contributed by atoms with E-state index < -0.39 is 11.8 Å². The number of hydrogen-bond acceptors (Lipinski definition) is 4. The Balaban J connectivity index is 1.61. The lowest BCUT2D eigenvalue weighted by Gasteiger charge is -2.32. The lowest BCUT2D eigenvalue weighted by Crippen LogP contribution is -2.40. The number of rotatable bonds is 25. The molecule has 0 bridgehead atoms. The van der Waals surface area contributed by atoms with Crippen LogP contribution in [0.2, 0.25) is 0 Å². The molecule has 1 aromatic heterocycles. The summed E-state index contributed by atoms with van der Waals surface area (Å²) < 4.78 is 20.0. The largest absolute Gasteiger partial charge is 0.497 e. The van der Waals surface area contributed by atoms with Gasteiger partial charge in [0.25, 0.3) is 5.91 Å². The summed E-state index contributed by atoms with van der Waals surface area (Å²) in [6.07, 6.45) is 22.3. The predicted octanol–water partition coefficient (Wildman–Crippen LogP) is 10.7. The Morgan fingerprint density at radius 3 is 1.78 bits per heavy atom. The van der Waals surface area contributed by atoms with Gasteiger partial charge in [-0.2, -0.15) is 0 Å². The zero-order valence-corrected chi connectivity index (χ0v) is 28.6. The lowest BCUT2D eigenvalue weighted by atomic mass is 9.85. The van der Waals surface area contributed by atoms with E-state index in [9.17, 15) is 14.0 Å². The Kier molecular flexibility index (Phi) is 18.4. The summed E-state index contributed by atoms with van der Waals surface area (Å²) in [4.78, 5) is 30.4. The summed E-state index contributed by atoms with van der Waals surface area (Å²) in [6, 6.07) is 9.96. The topological polar surface area (TPSA) is 79.7 Å². The quantitative estimate of drug-likeness (QED) is 0.111. The average molecular weight is 627 g/mol. The van der Waals surface area contributed by atoms with Crippen LogP contribution in [0.25, 0.3) is 0 Å². The van der Waals surface area contributed by atoms with Gasteiger partial charge in [0, 0.05) is 24.7 Å². The maximum Gasteiger partial charge on any atom is 0.303 e. The van der Waals surface area contributed by atoms with Crippen LogP contribution in [0.1, 0.15) is 152 Å². The van der Waals surface area contributed by atoms with Gasteiger partial charge in [-0.05, 0) is 49.4 Å². The number of unbranched alkanes of at least 4 members (excludes halogenated alkanes) is 16. The van der Waals surface area contributed by atoms with Gasteiger partial charge in [0.15, 0.2) is 0 Å². The Hall–Kier alpha value is -2.96. The minimum atomic E-state index is -0.677. The fourth-order valence-electron chi connectivity index (χ4n) is 5.92. The summed E-state index contributed by atoms with van der Waals surface area (Å²) in [6.45, 7) is 6.71. The Labute approximate surface area is 272 Å². The number of ether oxygens (including phenoxy) is 1. The normalized spacial score (nSPS) is 11.5. The number of nitrogens with zero attached hydrogens (tertiary/aromatic N) is 2. The number of carboxylic acid groups (broad SMARTS) is 1. The molecule has 6 nitrogen and oxygen atoms in total. The van der Waals surface area contributed by atoms with Crippen molar-refractivity contribution in [2.24, 2.45) is 5.41 Å². The molecule has 1 N–H and O–H groups in total. The number of aromatic nitrogens is 1. The third kappa shape index (κ3) is 16.3. The maximum atomic E-state index is 14.9. The third-order valence-corrected chi connectivity index (χ3v) is 8.63. The number of halogens is 1. The van der Waals surface area contributed by atoms with Gasteiger partial charge >= 0.3 is 5.97 Å². The van der Waals surface area contributed by atoms with E-state index in [0.717, 1.165) is 31.4 Å². The third-order valence-electron chi connectivity index (χ3n) is 8.63. The van der Waals surface area contributed by atoms with Crippen LogP contribution in [0.3, 0.4) is 0 Å². The van der Waals surface area contributed by atoms with Crippen molar-refractivity contribution >= 4 is 17.7 Å². The van der Waals surface area contributed by atoms with E-state index in [-0.39, 0.29) is 16.9 Å². The first kappa shape index (κ1) is 38.2. The molecule has 45 heavy (non-hydrogen) atoms. The van der Waals surface area contributed by atoms with Gasteiger partial charge in [-0.25, -0.2) is 9.37 Å². The standard InChI is InChI=1S/C38H59FN2O4/c1-31-23-22-24-35(40-31)41(37(44)33-27-26-32(45-4)29-34(33)39)30-38(2,3)28-21-19-17-15-13-11-9-7-5-6-8-10-12-14-16-18-20-25-36(42)43/h22-24,26-27,29H,5-21,25,28,30H2,1-4H3,(H,42,43). The molecule has 1 aromatic carbocycles. The Bertz CT molecular complexity index is 1140. The summed E-state index contributed by atoms with van der Waals surface area (Å²) >= 11 is 0. The number of aliphatic carboxylic acids is 1. The monoisotopic (exact) mass is 626 g/mol. The van der Waals surface area contributed by atoms with Crippen molar-refractivity contribution in [3.05, 3.63) is 53.5 Å². The van der Waals surface area contributed by atoms with Crippen LogP contribution in [-0.2, 0) is 4.79 Å². The number of methoxy groups -OCH3 is 1. The maximum absolute atomic E-state index is 14.9. The van der Waals surface area contributed by atoms with Crippen molar-refractivity contribution in [2.45, 2.75) is 143 Å². The van der Waals surface area contributed by atoms with Crippen molar-refractivity contribution in [1.29, 1.82) is 0 Å². The van der Waals surface area contributed by atoms with Crippen molar-refractivity contribution in [3.8, 4) is 5.75 Å². The number of amides is 1. The number of carbonyl (C=O) groups is 2. The molecular weight excluding hydrogens is 567 g/mol. The zero-order chi connectivity index (χ0) is 32.9. The molecule has 252 valence electrons. The average Bonchev–Trinajstić information content (AvgIpc) is 3.00. The van der Waals surface area contributed by atoms with Crippen LogP contribution in [0.4, 0.5) is 10.2 Å². The molecule has 2 aromatic rings. The molecule has 1 amide bonds. The second-order valence-electron chi connectivity index (χ2n) is 13.4. The van der Waals surface area contributed by atoms with Crippen LogP contribution in [-0.4, -0.2) is 35.6 Å². The summed E-state index contributed by atoms with van der Waals surface area (Å²) in [5.41, 5.74) is 0.688. The van der Waals surface area contributed by atoms with E-state index in [0.29, 0.717) is 24.5 Å². The van der Waals surface area contributed by atoms with Crippen LogP contribution >= 0.6 is 0 Å². The van der Waals surface area contributed by atoms with Crippen LogP contribution in [0.5, 0.6) is 5.75 Å². The Morgan fingerprint density at radius 2 is 1.31 bits per heavy atom. The molecule has 0 saturated carbocycles. The summed E-state index contributed by atoms with van der Waals surface area (Å²) in [5, 5.41) is 8.66. The van der Waals surface area contributed by atoms with E-state index in [1.165, 1.54) is 109 Å². The van der Waals surface area contributed by atoms with Crippen molar-refractivity contribution in [2.75, 3.05) is 18.6 Å². The first-order chi connectivity index (χ1) is 21.6. The molecule has 1 heterocycles. The molecular formula is C38H59FN2O4. The Morgan fingerprint density at radius 1 is 0.800 bits per heavy atom. The van der Waals surface area contributed by atoms with Crippen LogP contribution < -0.4 is 9.64 Å². The van der Waals surface area contributed by atoms with Crippen molar-refractivity contribution in [1.82, 2.24) is 4.98 Å². The molecule has 0 aliphatic rings. The fraction of sp³-hybridized carbons (Fsp3) is 0.658. The van der Waals surface area contributed by atoms with Crippen molar-refractivity contribution in [3.63, 3.8) is 0 Å². The number of anilines is 1. The molecule has 0 saturated heterocycles. The van der Waals surface area contributed by atoms with E-state index in [4.69, 9.17) is 9.84 Å². The van der Waals surface area contributed by atoms with E-state index in [1.807, 2.05) is 25.1 Å². The fourth-order valence-corrected chi connectivity index (χ4v) is 5.92. The van der Waals surface area contributed by atoms with Gasteiger partial charge in [0.05, 0.1) is 12.7 Å². The SMILES string of the molecule is COc1ccc(C(=O)N(CC(C)(C)CCCCCCCCCCCCCCCCCCCC(=O)O)c2cccc(C)n2)c(F)c1. The molecule has 0 unspecified atom stereocenters. The number of hydrogen-bond donors (Lipinski definition) is 1. The lowest BCUT2D eigenvalue weighted by molar-refractivity contribution is -0.137. The minimum Gasteiger partial charge on any atom is -0.497 e. The molecule has 0 radical (unpaired) electrons. The predicted molar refractivity (Wildman–Crippen MR) is 183 cm³/mol. The van der Waals surface area contributed by atoms with E-state index in [2.05, 4.69) is 18.8 Å². The highest BCUT2D eigenvalue weighted by atomic mass is 19.1. The molecule has 0 spiro atoms. The number of aryl methyl sites for hydroxylation is 1. The highest BCUT2D eigenvalue weighted by molar-refractivity contribution is 6.05. The van der Waals surface area contributed by atoms with Gasteiger partial charge in [-0.15, -0.1) is 0 Å². The summed E-state index contributed by atoms with van der Waals surface area (Å²) in [7, 11) is 1.48. The first-order valence-corrected chi connectivity index (χ1v) is 17.4. The molecule has 7 heteroatoms. The zero-order valence-electron chi connectivity index (χ0n) is 28.6. The number of benzene rings is 1. The highest BCUT2D eigenvalue weighted by Gasteiger charge is 2.29. The second kappa shape index (κ2) is 21.7. The molecule has 2 rings (SSSR count). The summed E-state index contributed by atoms with van der Waals surface area (Å²) in [5.74, 6) is -0.728. The minimum absolute atomic E-state index is 0.0215. The van der Waals surface area contributed by atoms with Crippen LogP contribution in [0.15, 0.2) is 36.4 Å². The van der Waals surface area contributed by atoms with Gasteiger partial charge in [-0.1, -0.05) is 123 Å². The molecule has 0 fully saturated rings. The van der Waals surface area contributed by atoms with Crippen molar-refractivity contribution < 1.29 is 23.8 Å². The second-order valence-corrected chi connectivity index (χ2v) is 13.4. The number of pyridine rings is 1. The molecule has 0 atom stereocenters. The van der Waals surface area contributed by atoms with E-state index in [1.54, 1.807) is 11.0 Å². The van der Waals surface area contributed by atoms with Gasteiger partial charge in [-0.3, -0.25) is 14.5 Å². The van der Waals surface area contributed by atoms with E-state index >= 15 is 0 Å². The molecule has 0 aliphatic carbocycles. The van der Waals surface area contributed by atoms with Gasteiger partial charge < -0.3 is 9.84 Å². The van der Waals surface area contributed by atoms with Crippen LogP contribution in [0, 0.1) is 18.2 Å². The highest BCUT2D eigenvalue weighted by Crippen LogP contribution is 2.30. The number of carbonyl (C=O) groups excluding carboxylic acids is 1. The smallest absolute Gasteiger partial charge is 0.303 e. The first-order valence-electron chi connectivity index (χ1n) is 17.4. The van der Waals surface area contributed by atoms with Gasteiger partial charge in [0.2, 0.25) is 0 Å².